The second kappa shape index (κ2) is 5.70. The average Bonchev–Trinajstić information content (AvgIpc) is 2.73. The summed E-state index contributed by atoms with van der Waals surface area (Å²) in [6.45, 7) is 7.35. The van der Waals surface area contributed by atoms with Gasteiger partial charge in [0, 0.05) is 19.2 Å². The highest BCUT2D eigenvalue weighted by molar-refractivity contribution is 5.88. The highest BCUT2D eigenvalue weighted by Gasteiger charge is 2.29. The number of allylic oxidation sites excluding steroid dienone is 3. The molecule has 18 heavy (non-hydrogen) atoms. The van der Waals surface area contributed by atoms with Crippen LogP contribution >= 0.6 is 0 Å². The molecule has 1 saturated heterocycles. The summed E-state index contributed by atoms with van der Waals surface area (Å²) >= 11 is 0. The van der Waals surface area contributed by atoms with Crippen LogP contribution in [0.2, 0.25) is 0 Å². The molecule has 0 bridgehead atoms. The van der Waals surface area contributed by atoms with Crippen LogP contribution in [0, 0.1) is 5.92 Å². The Hall–Kier alpha value is -1.09. The van der Waals surface area contributed by atoms with Crippen LogP contribution < -0.4 is 0 Å². The molecule has 1 fully saturated rings. The van der Waals surface area contributed by atoms with E-state index in [0.717, 1.165) is 12.8 Å². The Morgan fingerprint density at radius 3 is 2.89 bits per heavy atom. The number of amidine groups is 1. The van der Waals surface area contributed by atoms with E-state index in [1.54, 1.807) is 7.11 Å². The van der Waals surface area contributed by atoms with Gasteiger partial charge >= 0.3 is 0 Å². The van der Waals surface area contributed by atoms with Gasteiger partial charge in [-0.05, 0) is 25.3 Å². The summed E-state index contributed by atoms with van der Waals surface area (Å²) in [5.41, 5.74) is 1.41. The average molecular weight is 248 g/mol. The second-order valence-electron chi connectivity index (χ2n) is 5.47. The van der Waals surface area contributed by atoms with Crippen molar-refractivity contribution in [3.8, 4) is 0 Å². The highest BCUT2D eigenvalue weighted by atomic mass is 16.5. The number of fused-ring (bicyclic) bond motifs is 1. The molecule has 0 saturated carbocycles. The first-order valence-corrected chi connectivity index (χ1v) is 6.85. The number of hydrogen-bond donors (Lipinski definition) is 0. The Kier molecular flexibility index (Phi) is 4.23. The van der Waals surface area contributed by atoms with Crippen LogP contribution in [0.15, 0.2) is 28.9 Å². The molecule has 100 valence electrons. The van der Waals surface area contributed by atoms with Crippen LogP contribution in [0.4, 0.5) is 0 Å². The lowest BCUT2D eigenvalue weighted by atomic mass is 10.1. The minimum absolute atomic E-state index is 0.266. The number of methoxy groups -OCH3 is 1. The predicted octanol–water partition coefficient (Wildman–Crippen LogP) is 2.99. The van der Waals surface area contributed by atoms with E-state index in [2.05, 4.69) is 43.9 Å². The zero-order chi connectivity index (χ0) is 13.1. The lowest BCUT2D eigenvalue weighted by molar-refractivity contribution is 0.164. The van der Waals surface area contributed by atoms with Crippen LogP contribution in [0.25, 0.3) is 0 Å². The molecule has 2 rings (SSSR count). The molecule has 2 atom stereocenters. The van der Waals surface area contributed by atoms with Crippen molar-refractivity contribution in [2.24, 2.45) is 10.9 Å². The zero-order valence-corrected chi connectivity index (χ0v) is 11.9. The SMILES string of the molecule is COC[C@@H](N=C1CCC2=CC=C[C@@H](C)N21)C(C)C. The van der Waals surface area contributed by atoms with Gasteiger partial charge in [0.1, 0.15) is 5.84 Å². The Morgan fingerprint density at radius 2 is 2.22 bits per heavy atom. The summed E-state index contributed by atoms with van der Waals surface area (Å²) in [6.07, 6.45) is 8.78. The maximum Gasteiger partial charge on any atom is 0.104 e. The van der Waals surface area contributed by atoms with Crippen molar-refractivity contribution >= 4 is 5.84 Å². The van der Waals surface area contributed by atoms with E-state index in [1.165, 1.54) is 11.5 Å². The minimum Gasteiger partial charge on any atom is -0.382 e. The van der Waals surface area contributed by atoms with Crippen molar-refractivity contribution in [3.63, 3.8) is 0 Å². The maximum absolute atomic E-state index is 5.28. The standard InChI is InChI=1S/C15H24N2O/c1-11(2)14(10-18-4)16-15-9-8-13-7-5-6-12(3)17(13)15/h5-7,11-12,14H,8-10H2,1-4H3/t12-,14-/m1/s1. The van der Waals surface area contributed by atoms with Gasteiger partial charge in [-0.3, -0.25) is 4.99 Å². The molecule has 0 aromatic carbocycles. The molecule has 0 unspecified atom stereocenters. The zero-order valence-electron chi connectivity index (χ0n) is 11.9. The van der Waals surface area contributed by atoms with Crippen LogP contribution in [0.3, 0.4) is 0 Å². The van der Waals surface area contributed by atoms with Crippen LogP contribution in [0.5, 0.6) is 0 Å². The summed E-state index contributed by atoms with van der Waals surface area (Å²) in [6, 6.07) is 0.698. The Bertz CT molecular complexity index is 382. The van der Waals surface area contributed by atoms with E-state index in [9.17, 15) is 0 Å². The van der Waals surface area contributed by atoms with Crippen LogP contribution in [-0.4, -0.2) is 36.5 Å². The molecule has 0 aromatic heterocycles. The number of aliphatic imine (C=N–C) groups is 1. The molecule has 3 nitrogen and oxygen atoms in total. The highest BCUT2D eigenvalue weighted by Crippen LogP contribution is 2.29. The van der Waals surface area contributed by atoms with Gasteiger partial charge in [0.2, 0.25) is 0 Å². The van der Waals surface area contributed by atoms with Crippen molar-refractivity contribution in [2.75, 3.05) is 13.7 Å². The minimum atomic E-state index is 0.266. The molecule has 3 heteroatoms. The molecular weight excluding hydrogens is 224 g/mol. The van der Waals surface area contributed by atoms with Crippen LogP contribution in [0.1, 0.15) is 33.6 Å². The summed E-state index contributed by atoms with van der Waals surface area (Å²) < 4.78 is 5.28. The van der Waals surface area contributed by atoms with Crippen molar-refractivity contribution in [3.05, 3.63) is 23.9 Å². The largest absolute Gasteiger partial charge is 0.382 e. The molecule has 0 radical (unpaired) electrons. The Morgan fingerprint density at radius 1 is 1.44 bits per heavy atom. The number of rotatable bonds is 4. The number of nitrogens with zero attached hydrogens (tertiary/aromatic N) is 2. The summed E-state index contributed by atoms with van der Waals surface area (Å²) in [5.74, 6) is 1.75. The van der Waals surface area contributed by atoms with E-state index in [-0.39, 0.29) is 6.04 Å². The van der Waals surface area contributed by atoms with Crippen LogP contribution in [-0.2, 0) is 4.74 Å². The predicted molar refractivity (Wildman–Crippen MR) is 75.7 cm³/mol. The van der Waals surface area contributed by atoms with Gasteiger partial charge in [-0.2, -0.15) is 0 Å². The third-order valence-electron chi connectivity index (χ3n) is 3.70. The Labute approximate surface area is 110 Å². The van der Waals surface area contributed by atoms with Crippen molar-refractivity contribution in [2.45, 2.75) is 45.7 Å². The van der Waals surface area contributed by atoms with Gasteiger partial charge < -0.3 is 9.64 Å². The van der Waals surface area contributed by atoms with E-state index in [4.69, 9.17) is 9.73 Å². The smallest absolute Gasteiger partial charge is 0.104 e. The van der Waals surface area contributed by atoms with E-state index < -0.39 is 0 Å². The molecule has 2 aliphatic heterocycles. The molecule has 0 aromatic rings. The first-order valence-electron chi connectivity index (χ1n) is 6.85. The second-order valence-corrected chi connectivity index (χ2v) is 5.47. The lowest BCUT2D eigenvalue weighted by Gasteiger charge is -2.29. The normalized spacial score (nSPS) is 26.7. The van der Waals surface area contributed by atoms with E-state index >= 15 is 0 Å². The maximum atomic E-state index is 5.28. The van der Waals surface area contributed by atoms with Gasteiger partial charge in [0.05, 0.1) is 18.7 Å². The quantitative estimate of drug-likeness (QED) is 0.764. The first-order chi connectivity index (χ1) is 8.63. The Balaban J connectivity index is 2.18. The van der Waals surface area contributed by atoms with Crippen molar-refractivity contribution < 1.29 is 4.74 Å². The van der Waals surface area contributed by atoms with E-state index in [0.29, 0.717) is 18.6 Å². The third-order valence-corrected chi connectivity index (χ3v) is 3.70. The summed E-state index contributed by atoms with van der Waals surface area (Å²) in [7, 11) is 1.75. The fourth-order valence-corrected chi connectivity index (χ4v) is 2.59. The monoisotopic (exact) mass is 248 g/mol. The van der Waals surface area contributed by atoms with Crippen molar-refractivity contribution in [1.29, 1.82) is 0 Å². The molecule has 0 N–H and O–H groups in total. The molecule has 2 aliphatic rings. The summed E-state index contributed by atoms with van der Waals surface area (Å²) in [4.78, 5) is 7.32. The molecule has 0 aliphatic carbocycles. The topological polar surface area (TPSA) is 24.8 Å². The third kappa shape index (κ3) is 2.66. The molecule has 0 amide bonds. The summed E-state index contributed by atoms with van der Waals surface area (Å²) in [5, 5.41) is 0. The number of hydrogen-bond acceptors (Lipinski definition) is 2. The fraction of sp³-hybridized carbons (Fsp3) is 0.667. The van der Waals surface area contributed by atoms with Gasteiger partial charge in [0.15, 0.2) is 0 Å². The molecule has 2 heterocycles. The first kappa shape index (κ1) is 13.3. The van der Waals surface area contributed by atoms with Gasteiger partial charge in [-0.15, -0.1) is 0 Å². The van der Waals surface area contributed by atoms with Gasteiger partial charge in [0.25, 0.3) is 0 Å². The lowest BCUT2D eigenvalue weighted by Crippen LogP contribution is -2.34. The fourth-order valence-electron chi connectivity index (χ4n) is 2.59. The van der Waals surface area contributed by atoms with Gasteiger partial charge in [-0.25, -0.2) is 0 Å². The molecule has 0 spiro atoms. The van der Waals surface area contributed by atoms with Gasteiger partial charge in [-0.1, -0.05) is 26.0 Å². The molecular formula is C15H24N2O. The number of ether oxygens (including phenoxy) is 1. The van der Waals surface area contributed by atoms with Crippen molar-refractivity contribution in [1.82, 2.24) is 4.90 Å². The van der Waals surface area contributed by atoms with E-state index in [1.807, 2.05) is 0 Å².